The summed E-state index contributed by atoms with van der Waals surface area (Å²) in [6.45, 7) is -0.0255. The number of nitrogens with one attached hydrogen (secondary N) is 2. The zero-order chi connectivity index (χ0) is 13.9. The highest BCUT2D eigenvalue weighted by atomic mass is 35.5. The van der Waals surface area contributed by atoms with Crippen LogP contribution in [0.1, 0.15) is 12.0 Å². The molecule has 0 saturated carbocycles. The van der Waals surface area contributed by atoms with Crippen molar-refractivity contribution in [2.75, 3.05) is 13.1 Å². The first-order valence-corrected chi connectivity index (χ1v) is 6.47. The molecule has 1 saturated heterocycles. The molecule has 1 unspecified atom stereocenters. The summed E-state index contributed by atoms with van der Waals surface area (Å²) in [5, 5.41) is 5.81. The van der Waals surface area contributed by atoms with Gasteiger partial charge in [-0.15, -0.1) is 12.4 Å². The summed E-state index contributed by atoms with van der Waals surface area (Å²) in [4.78, 5) is 11.7. The molecular formula is C13H16Cl2F2N2O. The number of alkyl halides is 2. The van der Waals surface area contributed by atoms with Crippen molar-refractivity contribution in [1.82, 2.24) is 10.6 Å². The third-order valence-electron chi connectivity index (χ3n) is 3.03. The molecule has 0 bridgehead atoms. The molecule has 1 aliphatic rings. The molecule has 1 amide bonds. The second-order valence-corrected chi connectivity index (χ2v) is 5.10. The van der Waals surface area contributed by atoms with Gasteiger partial charge in [-0.3, -0.25) is 10.1 Å². The summed E-state index contributed by atoms with van der Waals surface area (Å²) >= 11 is 5.84. The van der Waals surface area contributed by atoms with Crippen LogP contribution in [0.4, 0.5) is 8.78 Å². The van der Waals surface area contributed by atoms with E-state index in [0.717, 1.165) is 5.56 Å². The molecule has 0 aliphatic carbocycles. The molecule has 1 heterocycles. The third kappa shape index (κ3) is 4.89. The number of carbonyl (C=O) groups is 1. The maximum atomic E-state index is 12.9. The molecular weight excluding hydrogens is 309 g/mol. The second kappa shape index (κ2) is 7.20. The maximum absolute atomic E-state index is 12.9. The molecule has 7 heteroatoms. The number of carbonyl (C=O) groups excluding carboxylic acids is 1. The lowest BCUT2D eigenvalue weighted by Gasteiger charge is -2.11. The first kappa shape index (κ1) is 17.1. The van der Waals surface area contributed by atoms with E-state index in [9.17, 15) is 13.6 Å². The summed E-state index contributed by atoms with van der Waals surface area (Å²) in [7, 11) is 0. The van der Waals surface area contributed by atoms with Gasteiger partial charge in [0.25, 0.3) is 5.92 Å². The van der Waals surface area contributed by atoms with Crippen molar-refractivity contribution in [2.45, 2.75) is 24.8 Å². The van der Waals surface area contributed by atoms with E-state index < -0.39 is 24.9 Å². The number of amides is 1. The summed E-state index contributed by atoms with van der Waals surface area (Å²) < 4.78 is 25.9. The molecule has 1 aromatic rings. The Hall–Kier alpha value is -0.910. The van der Waals surface area contributed by atoms with E-state index >= 15 is 0 Å². The molecule has 3 nitrogen and oxygen atoms in total. The number of hydrogen-bond acceptors (Lipinski definition) is 2. The maximum Gasteiger partial charge on any atom is 0.262 e. The van der Waals surface area contributed by atoms with E-state index in [2.05, 4.69) is 10.6 Å². The molecule has 1 atom stereocenters. The van der Waals surface area contributed by atoms with Gasteiger partial charge in [-0.1, -0.05) is 23.7 Å². The van der Waals surface area contributed by atoms with Crippen LogP contribution in [-0.4, -0.2) is 31.0 Å². The Balaban J connectivity index is 0.00000200. The Kier molecular flexibility index (Phi) is 6.17. The van der Waals surface area contributed by atoms with Crippen LogP contribution in [0.15, 0.2) is 24.3 Å². The molecule has 1 fully saturated rings. The first-order chi connectivity index (χ1) is 8.96. The number of halogens is 4. The number of rotatable bonds is 4. The van der Waals surface area contributed by atoms with Crippen molar-refractivity contribution in [2.24, 2.45) is 0 Å². The van der Waals surface area contributed by atoms with Crippen molar-refractivity contribution in [3.63, 3.8) is 0 Å². The predicted molar refractivity (Wildman–Crippen MR) is 76.8 cm³/mol. The predicted octanol–water partition coefficient (Wildman–Crippen LogP) is 2.42. The Morgan fingerprint density at radius 3 is 2.85 bits per heavy atom. The van der Waals surface area contributed by atoms with Gasteiger partial charge in [-0.05, 0) is 24.1 Å². The SMILES string of the molecule is Cl.O=C(NCCc1cccc(Cl)c1)C1CC(F)(F)CN1. The smallest absolute Gasteiger partial charge is 0.262 e. The van der Waals surface area contributed by atoms with Gasteiger partial charge < -0.3 is 5.32 Å². The van der Waals surface area contributed by atoms with Crippen LogP contribution in [0.2, 0.25) is 5.02 Å². The monoisotopic (exact) mass is 324 g/mol. The van der Waals surface area contributed by atoms with Crippen molar-refractivity contribution < 1.29 is 13.6 Å². The Labute approximate surface area is 127 Å². The lowest BCUT2D eigenvalue weighted by molar-refractivity contribution is -0.123. The molecule has 2 rings (SSSR count). The summed E-state index contributed by atoms with van der Waals surface area (Å²) in [5.41, 5.74) is 0.998. The fourth-order valence-corrected chi connectivity index (χ4v) is 2.26. The quantitative estimate of drug-likeness (QED) is 0.893. The van der Waals surface area contributed by atoms with Crippen LogP contribution in [0, 0.1) is 0 Å². The zero-order valence-corrected chi connectivity index (χ0v) is 12.2. The minimum Gasteiger partial charge on any atom is -0.354 e. The molecule has 20 heavy (non-hydrogen) atoms. The van der Waals surface area contributed by atoms with Crippen molar-refractivity contribution in [3.05, 3.63) is 34.9 Å². The normalized spacial score (nSPS) is 20.2. The summed E-state index contributed by atoms with van der Waals surface area (Å²) in [5.74, 6) is -3.16. The van der Waals surface area contributed by atoms with Crippen LogP contribution in [-0.2, 0) is 11.2 Å². The lowest BCUT2D eigenvalue weighted by Crippen LogP contribution is -2.41. The molecule has 0 aromatic heterocycles. The zero-order valence-electron chi connectivity index (χ0n) is 10.7. The minimum atomic E-state index is -2.78. The second-order valence-electron chi connectivity index (χ2n) is 4.66. The van der Waals surface area contributed by atoms with Gasteiger partial charge >= 0.3 is 0 Å². The number of hydrogen-bond donors (Lipinski definition) is 2. The van der Waals surface area contributed by atoms with Gasteiger partial charge in [0, 0.05) is 18.0 Å². The van der Waals surface area contributed by atoms with Crippen LogP contribution in [0.3, 0.4) is 0 Å². The topological polar surface area (TPSA) is 41.1 Å². The van der Waals surface area contributed by atoms with Gasteiger partial charge in [0.15, 0.2) is 0 Å². The van der Waals surface area contributed by atoms with Gasteiger partial charge in [-0.25, -0.2) is 8.78 Å². The van der Waals surface area contributed by atoms with E-state index in [1.54, 1.807) is 6.07 Å². The summed E-state index contributed by atoms with van der Waals surface area (Å²) in [6.07, 6.45) is 0.186. The van der Waals surface area contributed by atoms with E-state index in [4.69, 9.17) is 11.6 Å². The highest BCUT2D eigenvalue weighted by Gasteiger charge is 2.42. The molecule has 1 aliphatic heterocycles. The van der Waals surface area contributed by atoms with Crippen molar-refractivity contribution in [3.8, 4) is 0 Å². The van der Waals surface area contributed by atoms with E-state index in [-0.39, 0.29) is 18.3 Å². The van der Waals surface area contributed by atoms with Gasteiger partial charge in [0.05, 0.1) is 12.6 Å². The first-order valence-electron chi connectivity index (χ1n) is 6.10. The average molecular weight is 325 g/mol. The molecule has 112 valence electrons. The molecule has 1 aromatic carbocycles. The minimum absolute atomic E-state index is 0. The largest absolute Gasteiger partial charge is 0.354 e. The Morgan fingerprint density at radius 2 is 2.25 bits per heavy atom. The lowest BCUT2D eigenvalue weighted by atomic mass is 10.1. The van der Waals surface area contributed by atoms with E-state index in [1.165, 1.54) is 0 Å². The van der Waals surface area contributed by atoms with Gasteiger partial charge in [-0.2, -0.15) is 0 Å². The van der Waals surface area contributed by atoms with E-state index in [0.29, 0.717) is 18.0 Å². The van der Waals surface area contributed by atoms with Crippen molar-refractivity contribution >= 4 is 29.9 Å². The van der Waals surface area contributed by atoms with Gasteiger partial charge in [0.1, 0.15) is 0 Å². The molecule has 0 spiro atoms. The average Bonchev–Trinajstić information content (AvgIpc) is 2.70. The highest BCUT2D eigenvalue weighted by Crippen LogP contribution is 2.24. The highest BCUT2D eigenvalue weighted by molar-refractivity contribution is 6.30. The fourth-order valence-electron chi connectivity index (χ4n) is 2.05. The standard InChI is InChI=1S/C13H15ClF2N2O.ClH/c14-10-3-1-2-9(6-10)4-5-17-12(19)11-7-13(15,16)8-18-11;/h1-3,6,11,18H,4-5,7-8H2,(H,17,19);1H. The third-order valence-corrected chi connectivity index (χ3v) is 3.26. The van der Waals surface area contributed by atoms with Crippen molar-refractivity contribution in [1.29, 1.82) is 0 Å². The van der Waals surface area contributed by atoms with E-state index in [1.807, 2.05) is 18.2 Å². The number of benzene rings is 1. The molecule has 0 radical (unpaired) electrons. The molecule has 2 N–H and O–H groups in total. The summed E-state index contributed by atoms with van der Waals surface area (Å²) in [6, 6.07) is 6.52. The fraction of sp³-hybridized carbons (Fsp3) is 0.462. The van der Waals surface area contributed by atoms with Crippen LogP contribution >= 0.6 is 24.0 Å². The Bertz CT molecular complexity index is 471. The van der Waals surface area contributed by atoms with Crippen LogP contribution < -0.4 is 10.6 Å². The Morgan fingerprint density at radius 1 is 1.50 bits per heavy atom. The van der Waals surface area contributed by atoms with Crippen LogP contribution in [0.25, 0.3) is 0 Å². The van der Waals surface area contributed by atoms with Gasteiger partial charge in [0.2, 0.25) is 5.91 Å². The van der Waals surface area contributed by atoms with Crippen LogP contribution in [0.5, 0.6) is 0 Å².